The van der Waals surface area contributed by atoms with Crippen molar-refractivity contribution in [3.8, 4) is 0 Å². The summed E-state index contributed by atoms with van der Waals surface area (Å²) in [4.78, 5) is 35.6. The van der Waals surface area contributed by atoms with Gasteiger partial charge in [0.05, 0.1) is 15.8 Å². The van der Waals surface area contributed by atoms with Crippen molar-refractivity contribution in [1.29, 1.82) is 0 Å². The number of aryl methyl sites for hydroxylation is 2. The van der Waals surface area contributed by atoms with Gasteiger partial charge in [0.25, 0.3) is 11.2 Å². The topological polar surface area (TPSA) is 122 Å². The van der Waals surface area contributed by atoms with E-state index in [2.05, 4.69) is 10.2 Å². The van der Waals surface area contributed by atoms with E-state index < -0.39 is 16.6 Å². The number of halogens is 1. The number of nitro groups is 1. The van der Waals surface area contributed by atoms with Crippen molar-refractivity contribution in [2.24, 2.45) is 7.05 Å². The maximum Gasteiger partial charge on any atom is 0.345 e. The van der Waals surface area contributed by atoms with Crippen molar-refractivity contribution in [2.45, 2.75) is 13.5 Å². The third kappa shape index (κ3) is 3.16. The van der Waals surface area contributed by atoms with Gasteiger partial charge >= 0.3 is 5.97 Å². The molecule has 0 radical (unpaired) electrons. The molecule has 0 saturated heterocycles. The largest absolute Gasteiger partial charge is 0.454 e. The molecular weight excluding hydrogens is 414 g/mol. The Bertz CT molecular complexity index is 1410. The monoisotopic (exact) mass is 427 g/mol. The smallest absolute Gasteiger partial charge is 0.345 e. The van der Waals surface area contributed by atoms with Crippen molar-refractivity contribution in [1.82, 2.24) is 19.2 Å². The summed E-state index contributed by atoms with van der Waals surface area (Å²) in [7, 11) is 1.57. The van der Waals surface area contributed by atoms with Crippen LogP contribution in [0.15, 0.2) is 41.2 Å². The fourth-order valence-electron chi connectivity index (χ4n) is 3.19. The molecule has 30 heavy (non-hydrogen) atoms. The molecule has 2 aromatic heterocycles. The van der Waals surface area contributed by atoms with Crippen LogP contribution >= 0.6 is 11.6 Å². The highest BCUT2D eigenvalue weighted by Gasteiger charge is 2.23. The van der Waals surface area contributed by atoms with E-state index in [1.807, 2.05) is 13.0 Å². The number of esters is 1. The molecule has 0 aliphatic heterocycles. The van der Waals surface area contributed by atoms with Crippen LogP contribution in [0, 0.1) is 17.0 Å². The Kier molecular flexibility index (Phi) is 4.70. The van der Waals surface area contributed by atoms with Crippen LogP contribution < -0.4 is 5.56 Å². The molecule has 11 heteroatoms. The zero-order valence-corrected chi connectivity index (χ0v) is 16.6. The number of rotatable bonds is 4. The van der Waals surface area contributed by atoms with E-state index in [0.717, 1.165) is 11.6 Å². The standard InChI is InChI=1S/C19H14ClN5O5/c1-10-3-5-14-12(7-10)17(26)23(2)19-22-21-16(24(14)19)9-30-18(27)13-8-11(20)4-6-15(13)25(28)29/h3-8H,9H2,1-2H3. The zero-order chi connectivity index (χ0) is 21.6. The lowest BCUT2D eigenvalue weighted by molar-refractivity contribution is -0.385. The van der Waals surface area contributed by atoms with Gasteiger partial charge in [-0.3, -0.25) is 23.9 Å². The van der Waals surface area contributed by atoms with Gasteiger partial charge in [0.2, 0.25) is 5.78 Å². The van der Waals surface area contributed by atoms with Crippen LogP contribution in [-0.2, 0) is 18.4 Å². The Morgan fingerprint density at radius 1 is 1.23 bits per heavy atom. The molecule has 0 atom stereocenters. The molecule has 0 spiro atoms. The van der Waals surface area contributed by atoms with Gasteiger partial charge in [0, 0.05) is 18.1 Å². The van der Waals surface area contributed by atoms with Crippen molar-refractivity contribution < 1.29 is 14.5 Å². The molecule has 4 rings (SSSR count). The van der Waals surface area contributed by atoms with Gasteiger partial charge in [0.15, 0.2) is 12.4 Å². The second-order valence-corrected chi connectivity index (χ2v) is 7.07. The molecule has 4 aromatic rings. The molecule has 0 unspecified atom stereocenters. The van der Waals surface area contributed by atoms with Crippen LogP contribution in [0.5, 0.6) is 0 Å². The van der Waals surface area contributed by atoms with E-state index in [1.54, 1.807) is 23.6 Å². The van der Waals surface area contributed by atoms with E-state index in [9.17, 15) is 19.7 Å². The summed E-state index contributed by atoms with van der Waals surface area (Å²) in [5, 5.41) is 19.9. The Morgan fingerprint density at radius 2 is 2.00 bits per heavy atom. The number of carbonyl (C=O) groups excluding carboxylic acids is 1. The maximum absolute atomic E-state index is 12.6. The van der Waals surface area contributed by atoms with Gasteiger partial charge in [-0.15, -0.1) is 10.2 Å². The molecule has 10 nitrogen and oxygen atoms in total. The molecule has 0 bridgehead atoms. The number of hydrogen-bond acceptors (Lipinski definition) is 7. The minimum absolute atomic E-state index is 0.164. The lowest BCUT2D eigenvalue weighted by atomic mass is 10.1. The summed E-state index contributed by atoms with van der Waals surface area (Å²) < 4.78 is 8.21. The van der Waals surface area contributed by atoms with Crippen molar-refractivity contribution >= 4 is 39.9 Å². The first kappa shape index (κ1) is 19.5. The number of benzene rings is 2. The number of carbonyl (C=O) groups is 1. The highest BCUT2D eigenvalue weighted by molar-refractivity contribution is 6.31. The average molecular weight is 428 g/mol. The fourth-order valence-corrected chi connectivity index (χ4v) is 3.36. The van der Waals surface area contributed by atoms with Gasteiger partial charge in [-0.25, -0.2) is 4.79 Å². The van der Waals surface area contributed by atoms with E-state index in [4.69, 9.17) is 16.3 Å². The van der Waals surface area contributed by atoms with Crippen LogP contribution in [0.4, 0.5) is 5.69 Å². The summed E-state index contributed by atoms with van der Waals surface area (Å²) in [6, 6.07) is 8.98. The van der Waals surface area contributed by atoms with E-state index >= 15 is 0 Å². The summed E-state index contributed by atoms with van der Waals surface area (Å²) in [5.41, 5.74) is 0.552. The maximum atomic E-state index is 12.6. The van der Waals surface area contributed by atoms with E-state index in [0.29, 0.717) is 10.9 Å². The first-order chi connectivity index (χ1) is 14.3. The van der Waals surface area contributed by atoms with E-state index in [-0.39, 0.29) is 34.4 Å². The number of nitro benzene ring substituents is 1. The lowest BCUT2D eigenvalue weighted by Gasteiger charge is -2.09. The quantitative estimate of drug-likeness (QED) is 0.279. The third-order valence-corrected chi connectivity index (χ3v) is 4.88. The Labute approximate surface area is 173 Å². The third-order valence-electron chi connectivity index (χ3n) is 4.65. The molecule has 2 aromatic carbocycles. The Morgan fingerprint density at radius 3 is 2.73 bits per heavy atom. The summed E-state index contributed by atoms with van der Waals surface area (Å²) >= 11 is 5.86. The van der Waals surface area contributed by atoms with Crippen molar-refractivity contribution in [2.75, 3.05) is 0 Å². The second-order valence-electron chi connectivity index (χ2n) is 6.63. The summed E-state index contributed by atoms with van der Waals surface area (Å²) in [5.74, 6) is -0.394. The van der Waals surface area contributed by atoms with Gasteiger partial charge in [-0.05, 0) is 31.2 Å². The van der Waals surface area contributed by atoms with Gasteiger partial charge in [-0.1, -0.05) is 23.2 Å². The summed E-state index contributed by atoms with van der Waals surface area (Å²) in [6.07, 6.45) is 0. The normalized spacial score (nSPS) is 11.2. The highest BCUT2D eigenvalue weighted by Crippen LogP contribution is 2.24. The van der Waals surface area contributed by atoms with Crippen LogP contribution in [0.25, 0.3) is 16.7 Å². The zero-order valence-electron chi connectivity index (χ0n) is 15.8. The van der Waals surface area contributed by atoms with E-state index in [1.165, 1.54) is 16.7 Å². The molecular formula is C19H14ClN5O5. The van der Waals surface area contributed by atoms with Crippen molar-refractivity contribution in [3.05, 3.63) is 78.8 Å². The minimum atomic E-state index is -0.925. The predicted octanol–water partition coefficient (Wildman–Crippen LogP) is 2.81. The molecule has 0 aliphatic carbocycles. The van der Waals surface area contributed by atoms with Gasteiger partial charge in [0.1, 0.15) is 5.56 Å². The second kappa shape index (κ2) is 7.23. The SMILES string of the molecule is Cc1ccc2c(c1)c(=O)n(C)c1nnc(COC(=O)c3cc(Cl)ccc3[N+](=O)[O-])n21. The predicted molar refractivity (Wildman–Crippen MR) is 108 cm³/mol. The highest BCUT2D eigenvalue weighted by atomic mass is 35.5. The van der Waals surface area contributed by atoms with Gasteiger partial charge < -0.3 is 4.74 Å². The molecule has 152 valence electrons. The number of aromatic nitrogens is 4. The van der Waals surface area contributed by atoms with Crippen molar-refractivity contribution in [3.63, 3.8) is 0 Å². The minimum Gasteiger partial charge on any atom is -0.454 e. The first-order valence-corrected chi connectivity index (χ1v) is 9.10. The molecule has 2 heterocycles. The Balaban J connectivity index is 1.75. The molecule has 0 N–H and O–H groups in total. The average Bonchev–Trinajstić information content (AvgIpc) is 3.14. The van der Waals surface area contributed by atoms with Gasteiger partial charge in [-0.2, -0.15) is 0 Å². The van der Waals surface area contributed by atoms with Crippen LogP contribution in [0.1, 0.15) is 21.7 Å². The molecule has 0 aliphatic rings. The summed E-state index contributed by atoms with van der Waals surface area (Å²) in [6.45, 7) is 1.56. The van der Waals surface area contributed by atoms with Crippen LogP contribution in [0.2, 0.25) is 5.02 Å². The number of hydrogen-bond donors (Lipinski definition) is 0. The fraction of sp³-hybridized carbons (Fsp3) is 0.158. The first-order valence-electron chi connectivity index (χ1n) is 8.72. The Hall–Kier alpha value is -3.79. The molecule has 0 amide bonds. The number of ether oxygens (including phenoxy) is 1. The number of nitrogens with zero attached hydrogens (tertiary/aromatic N) is 5. The molecule has 0 saturated carbocycles. The van der Waals surface area contributed by atoms with Crippen LogP contribution in [0.3, 0.4) is 0 Å². The lowest BCUT2D eigenvalue weighted by Crippen LogP contribution is -2.20. The molecule has 0 fully saturated rings. The van der Waals surface area contributed by atoms with Crippen LogP contribution in [-0.4, -0.2) is 30.1 Å². The number of fused-ring (bicyclic) bond motifs is 3.